The van der Waals surface area contributed by atoms with Crippen LogP contribution in [0.1, 0.15) is 30.9 Å². The number of sulfonamides is 1. The SMILES string of the molecule is CCS(=O)(=O)N(C)C1CCN(Cc2ccc(C)c(Cl)c2)CC1. The van der Waals surface area contributed by atoms with Crippen LogP contribution in [-0.4, -0.2) is 49.6 Å². The van der Waals surface area contributed by atoms with E-state index in [-0.39, 0.29) is 11.8 Å². The molecule has 1 heterocycles. The van der Waals surface area contributed by atoms with E-state index in [0.717, 1.165) is 43.1 Å². The minimum Gasteiger partial charge on any atom is -0.299 e. The predicted molar refractivity (Wildman–Crippen MR) is 91.7 cm³/mol. The van der Waals surface area contributed by atoms with Crippen LogP contribution in [0.3, 0.4) is 0 Å². The summed E-state index contributed by atoms with van der Waals surface area (Å²) in [7, 11) is -1.38. The van der Waals surface area contributed by atoms with Crippen LogP contribution < -0.4 is 0 Å². The first-order valence-corrected chi connectivity index (χ1v) is 9.75. The lowest BCUT2D eigenvalue weighted by molar-refractivity contribution is 0.164. The van der Waals surface area contributed by atoms with E-state index in [0.29, 0.717) is 0 Å². The highest BCUT2D eigenvalue weighted by atomic mass is 35.5. The molecule has 0 N–H and O–H groups in total. The Morgan fingerprint density at radius 3 is 2.50 bits per heavy atom. The molecule has 0 unspecified atom stereocenters. The molecular weight excluding hydrogens is 320 g/mol. The number of rotatable bonds is 5. The van der Waals surface area contributed by atoms with Gasteiger partial charge in [0.1, 0.15) is 0 Å². The van der Waals surface area contributed by atoms with E-state index in [4.69, 9.17) is 11.6 Å². The van der Waals surface area contributed by atoms with Gasteiger partial charge >= 0.3 is 0 Å². The van der Waals surface area contributed by atoms with Crippen LogP contribution in [0.2, 0.25) is 5.02 Å². The topological polar surface area (TPSA) is 40.6 Å². The van der Waals surface area contributed by atoms with Crippen LogP contribution in [-0.2, 0) is 16.6 Å². The van der Waals surface area contributed by atoms with E-state index >= 15 is 0 Å². The summed E-state index contributed by atoms with van der Waals surface area (Å²) in [5, 5.41) is 0.807. The van der Waals surface area contributed by atoms with Crippen molar-refractivity contribution < 1.29 is 8.42 Å². The van der Waals surface area contributed by atoms with Crippen molar-refractivity contribution in [2.75, 3.05) is 25.9 Å². The molecular formula is C16H25ClN2O2S. The van der Waals surface area contributed by atoms with E-state index < -0.39 is 10.0 Å². The van der Waals surface area contributed by atoms with Crippen molar-refractivity contribution in [1.82, 2.24) is 9.21 Å². The monoisotopic (exact) mass is 344 g/mol. The maximum Gasteiger partial charge on any atom is 0.213 e. The number of nitrogens with zero attached hydrogens (tertiary/aromatic N) is 2. The van der Waals surface area contributed by atoms with Gasteiger partial charge in [0.2, 0.25) is 10.0 Å². The molecule has 0 amide bonds. The van der Waals surface area contributed by atoms with Crippen LogP contribution in [0.15, 0.2) is 18.2 Å². The first-order chi connectivity index (χ1) is 10.3. The van der Waals surface area contributed by atoms with Gasteiger partial charge in [0.05, 0.1) is 5.75 Å². The standard InChI is InChI=1S/C16H25ClN2O2S/c1-4-22(20,21)18(3)15-7-9-19(10-8-15)12-14-6-5-13(2)16(17)11-14/h5-6,11,15H,4,7-10,12H2,1-3H3. The number of aryl methyl sites for hydroxylation is 1. The van der Waals surface area contributed by atoms with E-state index in [2.05, 4.69) is 11.0 Å². The van der Waals surface area contributed by atoms with E-state index in [1.54, 1.807) is 18.3 Å². The van der Waals surface area contributed by atoms with Gasteiger partial charge in [-0.2, -0.15) is 0 Å². The van der Waals surface area contributed by atoms with Gasteiger partial charge in [0.15, 0.2) is 0 Å². The van der Waals surface area contributed by atoms with Crippen molar-refractivity contribution in [3.63, 3.8) is 0 Å². The molecule has 22 heavy (non-hydrogen) atoms. The molecule has 0 aromatic heterocycles. The summed E-state index contributed by atoms with van der Waals surface area (Å²) in [5.74, 6) is 0.172. The second-order valence-corrected chi connectivity index (χ2v) is 8.73. The molecule has 4 nitrogen and oxygen atoms in total. The molecule has 0 aliphatic carbocycles. The summed E-state index contributed by atoms with van der Waals surface area (Å²) < 4.78 is 25.4. The largest absolute Gasteiger partial charge is 0.299 e. The Labute approximate surface area is 139 Å². The van der Waals surface area contributed by atoms with Crippen LogP contribution >= 0.6 is 11.6 Å². The molecule has 1 aliphatic rings. The van der Waals surface area contributed by atoms with Crippen LogP contribution in [0.25, 0.3) is 0 Å². The molecule has 0 saturated carbocycles. The van der Waals surface area contributed by atoms with Gasteiger partial charge in [-0.15, -0.1) is 0 Å². The Bertz CT molecular complexity index is 611. The van der Waals surface area contributed by atoms with Crippen molar-refractivity contribution in [3.8, 4) is 0 Å². The summed E-state index contributed by atoms with van der Waals surface area (Å²) in [4.78, 5) is 2.36. The minimum absolute atomic E-state index is 0.128. The third-order valence-electron chi connectivity index (χ3n) is 4.52. The number of piperidine rings is 1. The van der Waals surface area contributed by atoms with Gasteiger partial charge in [-0.05, 0) is 43.9 Å². The summed E-state index contributed by atoms with van der Waals surface area (Å²) >= 11 is 6.17. The number of halogens is 1. The maximum atomic E-state index is 11.9. The van der Waals surface area contributed by atoms with Gasteiger partial charge in [-0.25, -0.2) is 12.7 Å². The van der Waals surface area contributed by atoms with Gasteiger partial charge < -0.3 is 0 Å². The molecule has 0 spiro atoms. The predicted octanol–water partition coefficient (Wildman–Crippen LogP) is 2.89. The van der Waals surface area contributed by atoms with Crippen molar-refractivity contribution in [2.45, 2.75) is 39.3 Å². The lowest BCUT2D eigenvalue weighted by Crippen LogP contribution is -2.45. The molecule has 1 fully saturated rings. The highest BCUT2D eigenvalue weighted by Crippen LogP contribution is 2.22. The molecule has 0 radical (unpaired) electrons. The smallest absolute Gasteiger partial charge is 0.213 e. The molecule has 0 bridgehead atoms. The minimum atomic E-state index is -3.09. The quantitative estimate of drug-likeness (QED) is 0.824. The van der Waals surface area contributed by atoms with Crippen molar-refractivity contribution in [1.29, 1.82) is 0 Å². The van der Waals surface area contributed by atoms with Gasteiger partial charge in [0.25, 0.3) is 0 Å². The van der Waals surface area contributed by atoms with Crippen LogP contribution in [0.5, 0.6) is 0 Å². The lowest BCUT2D eigenvalue weighted by Gasteiger charge is -2.36. The zero-order chi connectivity index (χ0) is 16.3. The molecule has 1 aromatic rings. The molecule has 1 aromatic carbocycles. The normalized spacial score (nSPS) is 18.0. The third-order valence-corrected chi connectivity index (χ3v) is 6.83. The molecule has 0 atom stereocenters. The number of benzene rings is 1. The van der Waals surface area contributed by atoms with Gasteiger partial charge in [0, 0.05) is 37.7 Å². The summed E-state index contributed by atoms with van der Waals surface area (Å²) in [6.07, 6.45) is 1.77. The first kappa shape index (κ1) is 17.7. The fourth-order valence-corrected chi connectivity index (χ4v) is 4.14. The molecule has 6 heteroatoms. The number of likely N-dealkylation sites (tertiary alicyclic amines) is 1. The maximum absolute atomic E-state index is 11.9. The van der Waals surface area contributed by atoms with Crippen LogP contribution in [0, 0.1) is 6.92 Å². The van der Waals surface area contributed by atoms with Crippen molar-refractivity contribution >= 4 is 21.6 Å². The average molecular weight is 345 g/mol. The average Bonchev–Trinajstić information content (AvgIpc) is 2.51. The second kappa shape index (κ2) is 7.30. The Kier molecular flexibility index (Phi) is 5.88. The highest BCUT2D eigenvalue weighted by Gasteiger charge is 2.28. The Hall–Kier alpha value is -0.620. The fraction of sp³-hybridized carbons (Fsp3) is 0.625. The van der Waals surface area contributed by atoms with E-state index in [1.165, 1.54) is 5.56 Å². The summed E-state index contributed by atoms with van der Waals surface area (Å²) in [5.41, 5.74) is 2.30. The Morgan fingerprint density at radius 1 is 1.32 bits per heavy atom. The van der Waals surface area contributed by atoms with Gasteiger partial charge in [-0.1, -0.05) is 23.7 Å². The van der Waals surface area contributed by atoms with Gasteiger partial charge in [-0.3, -0.25) is 4.90 Å². The third kappa shape index (κ3) is 4.22. The number of hydrogen-bond acceptors (Lipinski definition) is 3. The van der Waals surface area contributed by atoms with Crippen molar-refractivity contribution in [3.05, 3.63) is 34.3 Å². The zero-order valence-corrected chi connectivity index (χ0v) is 15.1. The zero-order valence-electron chi connectivity index (χ0n) is 13.5. The molecule has 1 aliphatic heterocycles. The first-order valence-electron chi connectivity index (χ1n) is 7.76. The summed E-state index contributed by atoms with van der Waals surface area (Å²) in [6, 6.07) is 6.31. The second-order valence-electron chi connectivity index (χ2n) is 6.01. The van der Waals surface area contributed by atoms with Crippen LogP contribution in [0.4, 0.5) is 0 Å². The molecule has 1 saturated heterocycles. The highest BCUT2D eigenvalue weighted by molar-refractivity contribution is 7.89. The lowest BCUT2D eigenvalue weighted by atomic mass is 10.0. The van der Waals surface area contributed by atoms with Crippen molar-refractivity contribution in [2.24, 2.45) is 0 Å². The Balaban J connectivity index is 1.91. The van der Waals surface area contributed by atoms with E-state index in [9.17, 15) is 8.42 Å². The fourth-order valence-electron chi connectivity index (χ4n) is 2.86. The summed E-state index contributed by atoms with van der Waals surface area (Å²) in [6.45, 7) is 6.40. The van der Waals surface area contributed by atoms with E-state index in [1.807, 2.05) is 19.1 Å². The number of hydrogen-bond donors (Lipinski definition) is 0. The Morgan fingerprint density at radius 2 is 1.95 bits per heavy atom. The molecule has 2 rings (SSSR count). The molecule has 124 valence electrons.